The molecule has 2 aromatic carbocycles. The molecule has 2 aromatic rings. The van der Waals surface area contributed by atoms with Gasteiger partial charge in [0.2, 0.25) is 0 Å². The summed E-state index contributed by atoms with van der Waals surface area (Å²) < 4.78 is 38.9. The van der Waals surface area contributed by atoms with E-state index in [9.17, 15) is 18.0 Å². The van der Waals surface area contributed by atoms with E-state index in [1.165, 1.54) is 23.7 Å². The average molecular weight is 414 g/mol. The van der Waals surface area contributed by atoms with E-state index < -0.39 is 17.6 Å². The van der Waals surface area contributed by atoms with E-state index in [-0.39, 0.29) is 16.5 Å². The second kappa shape index (κ2) is 6.49. The van der Waals surface area contributed by atoms with Crippen LogP contribution in [-0.4, -0.2) is 17.0 Å². The van der Waals surface area contributed by atoms with Crippen LogP contribution < -0.4 is 10.8 Å². The first-order valence-electron chi connectivity index (χ1n) is 7.06. The summed E-state index contributed by atoms with van der Waals surface area (Å²) in [5, 5.41) is 11.6. The van der Waals surface area contributed by atoms with Gasteiger partial charge < -0.3 is 5.32 Å². The van der Waals surface area contributed by atoms with Crippen LogP contribution in [0.15, 0.2) is 45.9 Å². The molecule has 9 heteroatoms. The van der Waals surface area contributed by atoms with Crippen molar-refractivity contribution in [2.45, 2.75) is 12.6 Å². The number of hydroxylamine groups is 1. The van der Waals surface area contributed by atoms with Gasteiger partial charge in [-0.3, -0.25) is 10.0 Å². The topological polar surface area (TPSA) is 73.7 Å². The Kier molecular flexibility index (Phi) is 4.53. The number of carbonyl (C=O) groups excluding carboxylic acids is 1. The molecule has 130 valence electrons. The number of nitrogens with one attached hydrogen (secondary N) is 2. The zero-order chi connectivity index (χ0) is 18.2. The van der Waals surface area contributed by atoms with Crippen molar-refractivity contribution in [3.63, 3.8) is 0 Å². The van der Waals surface area contributed by atoms with E-state index in [4.69, 9.17) is 5.21 Å². The third-order valence-electron chi connectivity index (χ3n) is 3.60. The van der Waals surface area contributed by atoms with Crippen LogP contribution in [0.5, 0.6) is 0 Å². The number of alkyl halides is 3. The molecular weight excluding hydrogens is 403 g/mol. The summed E-state index contributed by atoms with van der Waals surface area (Å²) in [4.78, 5) is 15.7. The first kappa shape index (κ1) is 17.4. The number of carbonyl (C=O) groups is 1. The maximum atomic E-state index is 13.0. The zero-order valence-corrected chi connectivity index (χ0v) is 14.1. The fourth-order valence-corrected chi connectivity index (χ4v) is 3.03. The van der Waals surface area contributed by atoms with E-state index in [1.807, 2.05) is 0 Å². The van der Waals surface area contributed by atoms with Gasteiger partial charge in [0.1, 0.15) is 5.84 Å². The standard InChI is InChI=1S/C16H11BrF3N3O2/c17-12-7-13-9(5-11(12)16(18,19)20)6-14(22-13)21-10-3-1-2-8(4-10)15(24)23-25/h1-5,7,25H,6H2,(H,21,22)(H,23,24). The van der Waals surface area contributed by atoms with E-state index in [1.54, 1.807) is 12.1 Å². The van der Waals surface area contributed by atoms with Crippen LogP contribution in [0.25, 0.3) is 0 Å². The van der Waals surface area contributed by atoms with Crippen molar-refractivity contribution in [2.75, 3.05) is 5.32 Å². The number of hydrogen-bond donors (Lipinski definition) is 3. The lowest BCUT2D eigenvalue weighted by atomic mass is 10.1. The van der Waals surface area contributed by atoms with Crippen LogP contribution >= 0.6 is 15.9 Å². The highest BCUT2D eigenvalue weighted by Gasteiger charge is 2.34. The largest absolute Gasteiger partial charge is 0.417 e. The molecule has 0 aromatic heterocycles. The van der Waals surface area contributed by atoms with Crippen molar-refractivity contribution in [3.8, 4) is 0 Å². The monoisotopic (exact) mass is 413 g/mol. The summed E-state index contributed by atoms with van der Waals surface area (Å²) in [6, 6.07) is 8.70. The van der Waals surface area contributed by atoms with Gasteiger partial charge in [-0.05, 0) is 35.9 Å². The van der Waals surface area contributed by atoms with E-state index in [2.05, 4.69) is 26.2 Å². The highest BCUT2D eigenvalue weighted by Crippen LogP contribution is 2.40. The molecule has 0 bridgehead atoms. The Bertz CT molecular complexity index is 881. The summed E-state index contributed by atoms with van der Waals surface area (Å²) >= 11 is 2.93. The molecule has 0 unspecified atom stereocenters. The van der Waals surface area contributed by atoms with Crippen molar-refractivity contribution in [3.05, 3.63) is 57.6 Å². The van der Waals surface area contributed by atoms with E-state index >= 15 is 0 Å². The molecule has 0 aliphatic carbocycles. The number of halogens is 4. The maximum absolute atomic E-state index is 13.0. The maximum Gasteiger partial charge on any atom is 0.417 e. The number of amides is 1. The number of rotatable bonds is 2. The SMILES string of the molecule is O=C(NO)c1cccc(NC2=Nc3cc(Br)c(C(F)(F)F)cc3C2)c1. The molecular formula is C16H11BrF3N3O2. The molecule has 1 heterocycles. The number of benzene rings is 2. The number of amidine groups is 1. The lowest BCUT2D eigenvalue weighted by molar-refractivity contribution is -0.138. The van der Waals surface area contributed by atoms with Crippen LogP contribution in [0.3, 0.4) is 0 Å². The van der Waals surface area contributed by atoms with Gasteiger partial charge >= 0.3 is 6.18 Å². The molecule has 1 aliphatic rings. The number of aliphatic imine (C=N–C) groups is 1. The quantitative estimate of drug-likeness (QED) is 0.507. The van der Waals surface area contributed by atoms with Crippen molar-refractivity contribution < 1.29 is 23.2 Å². The first-order valence-corrected chi connectivity index (χ1v) is 7.86. The Hall–Kier alpha value is -2.39. The Morgan fingerprint density at radius 3 is 2.68 bits per heavy atom. The predicted molar refractivity (Wildman–Crippen MR) is 89.3 cm³/mol. The predicted octanol–water partition coefficient (Wildman–Crippen LogP) is 4.29. The van der Waals surface area contributed by atoms with Crippen molar-refractivity contribution in [2.24, 2.45) is 4.99 Å². The summed E-state index contributed by atoms with van der Waals surface area (Å²) in [7, 11) is 0. The highest BCUT2D eigenvalue weighted by molar-refractivity contribution is 9.10. The second-order valence-electron chi connectivity index (χ2n) is 5.34. The minimum Gasteiger partial charge on any atom is -0.343 e. The molecule has 0 atom stereocenters. The highest BCUT2D eigenvalue weighted by atomic mass is 79.9. The summed E-state index contributed by atoms with van der Waals surface area (Å²) in [6.45, 7) is 0. The van der Waals surface area contributed by atoms with E-state index in [0.717, 1.165) is 6.07 Å². The van der Waals surface area contributed by atoms with Gasteiger partial charge in [-0.2, -0.15) is 13.2 Å². The Labute approximate surface area is 148 Å². The van der Waals surface area contributed by atoms with Gasteiger partial charge in [-0.1, -0.05) is 22.0 Å². The lowest BCUT2D eigenvalue weighted by Gasteiger charge is -2.10. The number of nitrogens with zero attached hydrogens (tertiary/aromatic N) is 1. The van der Waals surface area contributed by atoms with E-state index in [0.29, 0.717) is 22.8 Å². The summed E-state index contributed by atoms with van der Waals surface area (Å²) in [5.74, 6) is -0.207. The Morgan fingerprint density at radius 2 is 2.00 bits per heavy atom. The number of fused-ring (bicyclic) bond motifs is 1. The smallest absolute Gasteiger partial charge is 0.343 e. The molecule has 25 heavy (non-hydrogen) atoms. The first-order chi connectivity index (χ1) is 11.8. The van der Waals surface area contributed by atoms with Gasteiger partial charge in [0.15, 0.2) is 0 Å². The molecule has 1 aliphatic heterocycles. The van der Waals surface area contributed by atoms with Crippen molar-refractivity contribution in [1.82, 2.24) is 5.48 Å². The molecule has 3 N–H and O–H groups in total. The van der Waals surface area contributed by atoms with Crippen LogP contribution in [0.4, 0.5) is 24.5 Å². The van der Waals surface area contributed by atoms with Crippen LogP contribution in [-0.2, 0) is 12.6 Å². The third-order valence-corrected chi connectivity index (χ3v) is 4.26. The van der Waals surface area contributed by atoms with Gasteiger partial charge in [-0.15, -0.1) is 0 Å². The van der Waals surface area contributed by atoms with Crippen LogP contribution in [0.2, 0.25) is 0 Å². The molecule has 0 fully saturated rings. The summed E-state index contributed by atoms with van der Waals surface area (Å²) in [6.07, 6.45) is -4.24. The molecule has 3 rings (SSSR count). The second-order valence-corrected chi connectivity index (χ2v) is 6.19. The molecule has 0 saturated heterocycles. The molecule has 5 nitrogen and oxygen atoms in total. The number of hydrogen-bond acceptors (Lipinski definition) is 4. The normalized spacial score (nSPS) is 13.2. The Morgan fingerprint density at radius 1 is 1.24 bits per heavy atom. The molecule has 0 saturated carbocycles. The van der Waals surface area contributed by atoms with Gasteiger partial charge in [0, 0.05) is 22.1 Å². The average Bonchev–Trinajstić information content (AvgIpc) is 2.93. The van der Waals surface area contributed by atoms with Crippen LogP contribution in [0.1, 0.15) is 21.5 Å². The van der Waals surface area contributed by atoms with Gasteiger partial charge in [-0.25, -0.2) is 10.5 Å². The zero-order valence-electron chi connectivity index (χ0n) is 12.5. The molecule has 1 amide bonds. The fourth-order valence-electron chi connectivity index (χ4n) is 2.48. The van der Waals surface area contributed by atoms with Crippen LogP contribution in [0, 0.1) is 0 Å². The Balaban J connectivity index is 1.82. The number of anilines is 1. The fraction of sp³-hybridized carbons (Fsp3) is 0.125. The van der Waals surface area contributed by atoms with Crippen molar-refractivity contribution >= 4 is 39.0 Å². The third kappa shape index (κ3) is 3.67. The minimum atomic E-state index is -4.45. The van der Waals surface area contributed by atoms with Gasteiger partial charge in [0.05, 0.1) is 11.3 Å². The summed E-state index contributed by atoms with van der Waals surface area (Å²) in [5.41, 5.74) is 2.46. The molecule has 0 spiro atoms. The lowest BCUT2D eigenvalue weighted by Crippen LogP contribution is -2.19. The minimum absolute atomic E-state index is 0.0645. The molecule has 0 radical (unpaired) electrons. The van der Waals surface area contributed by atoms with Crippen molar-refractivity contribution in [1.29, 1.82) is 0 Å². The van der Waals surface area contributed by atoms with Gasteiger partial charge in [0.25, 0.3) is 5.91 Å².